The molecule has 0 fully saturated rings. The molecule has 7 aromatic carbocycles. The van der Waals surface area contributed by atoms with Crippen molar-refractivity contribution >= 4 is 84.4 Å². The summed E-state index contributed by atoms with van der Waals surface area (Å²) >= 11 is 0. The van der Waals surface area contributed by atoms with E-state index >= 15 is 0 Å². The molecule has 2 aliphatic rings. The number of furan rings is 1. The minimum atomic E-state index is -2.86. The Balaban J connectivity index is 1.08. The first-order valence-electron chi connectivity index (χ1n) is 20.5. The van der Waals surface area contributed by atoms with E-state index in [1.165, 1.54) is 59.2 Å². The van der Waals surface area contributed by atoms with E-state index in [0.29, 0.717) is 0 Å². The van der Waals surface area contributed by atoms with Crippen LogP contribution in [-0.4, -0.2) is 17.2 Å². The van der Waals surface area contributed by atoms with Gasteiger partial charge in [0.15, 0.2) is 13.7 Å². The standard InChI is InChI=1S/C55H38N2OSi/c1-4-18-40(19-5-1)59(41-20-6-2-7-21-41,43-22-16-17-39(35-43)57-50-28-13-10-24-44(50)45-25-11-14-29-51(45)57)42-33-31-38(32-34-42)56-52-27-9-3-8-23-46(52)48-36-49-47-26-12-15-30-54(47)58-55(49)37-53(48)56/h1-14,16,18-26,28-29,31-37,39H,17,27H2. The monoisotopic (exact) mass is 770 g/mol. The molecular weight excluding hydrogens is 733 g/mol. The van der Waals surface area contributed by atoms with E-state index in [0.717, 1.165) is 46.0 Å². The second-order valence-electron chi connectivity index (χ2n) is 15.8. The van der Waals surface area contributed by atoms with Crippen molar-refractivity contribution in [3.05, 3.63) is 223 Å². The summed E-state index contributed by atoms with van der Waals surface area (Å²) in [5.74, 6) is 0. The van der Waals surface area contributed by atoms with Gasteiger partial charge in [-0.2, -0.15) is 0 Å². The molecule has 0 saturated carbocycles. The topological polar surface area (TPSA) is 23.0 Å². The lowest BCUT2D eigenvalue weighted by Crippen LogP contribution is -2.68. The van der Waals surface area contributed by atoms with Crippen LogP contribution in [0, 0.1) is 12.1 Å². The molecule has 59 heavy (non-hydrogen) atoms. The van der Waals surface area contributed by atoms with Gasteiger partial charge in [-0.05, 0) is 75.7 Å². The molecule has 0 spiro atoms. The summed E-state index contributed by atoms with van der Waals surface area (Å²) in [4.78, 5) is 0. The molecule has 4 heteroatoms. The van der Waals surface area contributed by atoms with Gasteiger partial charge in [0.2, 0.25) is 0 Å². The maximum Gasteiger partial charge on any atom is 0.185 e. The van der Waals surface area contributed by atoms with Gasteiger partial charge in [0.1, 0.15) is 5.58 Å². The van der Waals surface area contributed by atoms with Gasteiger partial charge in [-0.3, -0.25) is 0 Å². The highest BCUT2D eigenvalue weighted by Gasteiger charge is 2.43. The van der Waals surface area contributed by atoms with Gasteiger partial charge in [-0.15, -0.1) is 0 Å². The third kappa shape index (κ3) is 5.08. The van der Waals surface area contributed by atoms with Crippen molar-refractivity contribution in [3.8, 4) is 5.69 Å². The molecule has 1 atom stereocenters. The molecule has 0 bridgehead atoms. The normalized spacial score (nSPS) is 15.3. The Kier molecular flexibility index (Phi) is 7.66. The Morgan fingerprint density at radius 3 is 1.98 bits per heavy atom. The number of fused-ring (bicyclic) bond motifs is 9. The molecule has 0 amide bonds. The highest BCUT2D eigenvalue weighted by Crippen LogP contribution is 2.39. The van der Waals surface area contributed by atoms with Gasteiger partial charge in [0, 0.05) is 67.4 Å². The first kappa shape index (κ1) is 33.8. The maximum atomic E-state index is 6.38. The second kappa shape index (κ2) is 13.4. The largest absolute Gasteiger partial charge is 0.447 e. The van der Waals surface area contributed by atoms with Crippen LogP contribution in [0.25, 0.3) is 66.4 Å². The molecule has 0 radical (unpaired) electrons. The van der Waals surface area contributed by atoms with Crippen molar-refractivity contribution in [1.29, 1.82) is 0 Å². The van der Waals surface area contributed by atoms with Crippen LogP contribution in [-0.2, 0) is 6.42 Å². The zero-order chi connectivity index (χ0) is 38.9. The SMILES string of the molecule is c1ccc2c(c#1)oc1cc3c(cc12)c1c(n3-c2ccc([Si](C3=CC(n4c5ccccc5c5ccccc54)CC=C3)(c3ccccc3)c3ccccc3)cc2)CC=CC=C1. The van der Waals surface area contributed by atoms with E-state index in [4.69, 9.17) is 4.42 Å². The molecule has 3 nitrogen and oxygen atoms in total. The van der Waals surface area contributed by atoms with Gasteiger partial charge in [-0.25, -0.2) is 0 Å². The van der Waals surface area contributed by atoms with Crippen molar-refractivity contribution in [1.82, 2.24) is 9.13 Å². The van der Waals surface area contributed by atoms with Crippen LogP contribution < -0.4 is 15.6 Å². The lowest BCUT2D eigenvalue weighted by atomic mass is 10.1. The number of aromatic nitrogens is 2. The number of hydrogen-bond donors (Lipinski definition) is 0. The summed E-state index contributed by atoms with van der Waals surface area (Å²) < 4.78 is 11.4. The summed E-state index contributed by atoms with van der Waals surface area (Å²) in [6, 6.07) is 64.8. The molecule has 3 aromatic heterocycles. The summed E-state index contributed by atoms with van der Waals surface area (Å²) in [6.07, 6.45) is 18.1. The van der Waals surface area contributed by atoms with E-state index < -0.39 is 8.07 Å². The second-order valence-corrected chi connectivity index (χ2v) is 19.6. The number of benzene rings is 6. The summed E-state index contributed by atoms with van der Waals surface area (Å²) in [5, 5.41) is 11.5. The van der Waals surface area contributed by atoms with Gasteiger partial charge < -0.3 is 13.6 Å². The Morgan fingerprint density at radius 1 is 0.576 bits per heavy atom. The molecule has 2 aliphatic carbocycles. The quantitative estimate of drug-likeness (QED) is 0.122. The first-order chi connectivity index (χ1) is 29.3. The summed E-state index contributed by atoms with van der Waals surface area (Å²) in [5.41, 5.74) is 8.96. The van der Waals surface area contributed by atoms with Gasteiger partial charge in [0.05, 0.1) is 11.6 Å². The van der Waals surface area contributed by atoms with Crippen LogP contribution in [0.4, 0.5) is 0 Å². The van der Waals surface area contributed by atoms with Crippen LogP contribution >= 0.6 is 0 Å². The molecule has 1 unspecified atom stereocenters. The number of nitrogens with zero attached hydrogens (tertiary/aromatic N) is 2. The number of rotatable bonds is 6. The number of hydrogen-bond acceptors (Lipinski definition) is 1. The van der Waals surface area contributed by atoms with Crippen LogP contribution in [0.2, 0.25) is 0 Å². The Hall–Kier alpha value is -7.32. The molecule has 0 aliphatic heterocycles. The van der Waals surface area contributed by atoms with Crippen LogP contribution in [0.1, 0.15) is 23.7 Å². The highest BCUT2D eigenvalue weighted by atomic mass is 28.3. The van der Waals surface area contributed by atoms with Gasteiger partial charge >= 0.3 is 0 Å². The summed E-state index contributed by atoms with van der Waals surface area (Å²) in [7, 11) is -2.86. The van der Waals surface area contributed by atoms with Crippen LogP contribution in [0.3, 0.4) is 0 Å². The fraction of sp³-hybridized carbons (Fsp3) is 0.0545. The van der Waals surface area contributed by atoms with Crippen molar-refractivity contribution in [2.24, 2.45) is 0 Å². The minimum absolute atomic E-state index is 0.159. The van der Waals surface area contributed by atoms with E-state index in [1.54, 1.807) is 0 Å². The Morgan fingerprint density at radius 2 is 1.25 bits per heavy atom. The predicted octanol–water partition coefficient (Wildman–Crippen LogP) is 11.5. The molecule has 0 N–H and O–H groups in total. The van der Waals surface area contributed by atoms with E-state index in [9.17, 15) is 0 Å². The minimum Gasteiger partial charge on any atom is -0.447 e. The first-order valence-corrected chi connectivity index (χ1v) is 22.5. The zero-order valence-electron chi connectivity index (χ0n) is 32.3. The molecule has 0 saturated heterocycles. The van der Waals surface area contributed by atoms with E-state index in [1.807, 2.05) is 6.07 Å². The van der Waals surface area contributed by atoms with E-state index in [2.05, 4.69) is 215 Å². The smallest absolute Gasteiger partial charge is 0.185 e. The van der Waals surface area contributed by atoms with Crippen molar-refractivity contribution in [3.63, 3.8) is 0 Å². The molecular formula is C55H38N2OSi. The van der Waals surface area contributed by atoms with Gasteiger partial charge in [0.25, 0.3) is 0 Å². The highest BCUT2D eigenvalue weighted by molar-refractivity contribution is 7.16. The average molecular weight is 771 g/mol. The van der Waals surface area contributed by atoms with Gasteiger partial charge in [-0.1, -0.05) is 158 Å². The predicted molar refractivity (Wildman–Crippen MR) is 248 cm³/mol. The molecule has 278 valence electrons. The molecule has 10 aromatic rings. The third-order valence-electron chi connectivity index (χ3n) is 12.7. The summed E-state index contributed by atoms with van der Waals surface area (Å²) in [6.45, 7) is 0. The van der Waals surface area contributed by atoms with Crippen molar-refractivity contribution in [2.75, 3.05) is 0 Å². The van der Waals surface area contributed by atoms with Crippen LogP contribution in [0.5, 0.6) is 0 Å². The number of para-hydroxylation sites is 2. The fourth-order valence-corrected chi connectivity index (χ4v) is 15.1. The lowest BCUT2D eigenvalue weighted by Gasteiger charge is -2.37. The third-order valence-corrected chi connectivity index (χ3v) is 17.5. The Labute approximate surface area is 343 Å². The molecule has 12 rings (SSSR count). The molecule has 3 heterocycles. The van der Waals surface area contributed by atoms with Crippen molar-refractivity contribution in [2.45, 2.75) is 18.9 Å². The maximum absolute atomic E-state index is 6.38. The lowest BCUT2D eigenvalue weighted by molar-refractivity contribution is 0.646. The zero-order valence-corrected chi connectivity index (χ0v) is 33.3. The van der Waals surface area contributed by atoms with Crippen LogP contribution in [0.15, 0.2) is 204 Å². The average Bonchev–Trinajstić information content (AvgIpc) is 3.86. The number of allylic oxidation sites excluding steroid dienone is 7. The van der Waals surface area contributed by atoms with E-state index in [-0.39, 0.29) is 6.04 Å². The Bertz CT molecular complexity index is 3280. The van der Waals surface area contributed by atoms with Crippen molar-refractivity contribution < 1.29 is 4.42 Å². The fourth-order valence-electron chi connectivity index (χ4n) is 10.2.